The Labute approximate surface area is 149 Å². The lowest BCUT2D eigenvalue weighted by Gasteiger charge is -2.29. The van der Waals surface area contributed by atoms with Crippen LogP contribution in [-0.2, 0) is 17.8 Å². The number of hydrogen-bond donors (Lipinski definition) is 2. The lowest BCUT2D eigenvalue weighted by Crippen LogP contribution is -2.42. The zero-order chi connectivity index (χ0) is 17.8. The minimum Gasteiger partial charge on any atom is -0.493 e. The van der Waals surface area contributed by atoms with Gasteiger partial charge in [0.2, 0.25) is 5.91 Å². The number of hydrogen-bond acceptors (Lipinski definition) is 5. The van der Waals surface area contributed by atoms with Crippen LogP contribution in [0.5, 0.6) is 11.5 Å². The molecule has 25 heavy (non-hydrogen) atoms. The molecule has 6 heteroatoms. The van der Waals surface area contributed by atoms with Gasteiger partial charge in [-0.1, -0.05) is 6.42 Å². The van der Waals surface area contributed by atoms with Gasteiger partial charge < -0.3 is 20.5 Å². The van der Waals surface area contributed by atoms with Crippen LogP contribution in [0.4, 0.5) is 0 Å². The highest BCUT2D eigenvalue weighted by Gasteiger charge is 2.30. The van der Waals surface area contributed by atoms with Crippen molar-refractivity contribution in [2.45, 2.75) is 38.3 Å². The standard InChI is InChI=1S/C19H29N3O3/c1-24-17-10-13-6-8-22(12-14(13)11-18(17)25-2)9-7-21-19(23)15-4-3-5-16(15)20/h10-11,15-16H,3-9,12,20H2,1-2H3,(H,21,23)/t15-,16-/m1/s1. The van der Waals surface area contributed by atoms with Gasteiger partial charge >= 0.3 is 0 Å². The van der Waals surface area contributed by atoms with Gasteiger partial charge in [0.1, 0.15) is 0 Å². The topological polar surface area (TPSA) is 76.8 Å². The van der Waals surface area contributed by atoms with Crippen LogP contribution in [-0.4, -0.2) is 50.7 Å². The third kappa shape index (κ3) is 4.07. The summed E-state index contributed by atoms with van der Waals surface area (Å²) in [5, 5.41) is 3.06. The summed E-state index contributed by atoms with van der Waals surface area (Å²) in [5.74, 6) is 1.68. The van der Waals surface area contributed by atoms with E-state index < -0.39 is 0 Å². The van der Waals surface area contributed by atoms with Gasteiger partial charge in [0.05, 0.1) is 20.1 Å². The number of amides is 1. The van der Waals surface area contributed by atoms with E-state index in [9.17, 15) is 4.79 Å². The van der Waals surface area contributed by atoms with E-state index in [1.807, 2.05) is 0 Å². The van der Waals surface area contributed by atoms with Gasteiger partial charge in [-0.05, 0) is 42.5 Å². The van der Waals surface area contributed by atoms with Crippen LogP contribution in [0.3, 0.4) is 0 Å². The van der Waals surface area contributed by atoms with E-state index in [0.29, 0.717) is 6.54 Å². The van der Waals surface area contributed by atoms with Crippen molar-refractivity contribution >= 4 is 5.91 Å². The largest absolute Gasteiger partial charge is 0.493 e. The van der Waals surface area contributed by atoms with Crippen molar-refractivity contribution in [1.29, 1.82) is 0 Å². The summed E-state index contributed by atoms with van der Waals surface area (Å²) in [4.78, 5) is 14.6. The zero-order valence-corrected chi connectivity index (χ0v) is 15.2. The number of benzene rings is 1. The average molecular weight is 347 g/mol. The summed E-state index contributed by atoms with van der Waals surface area (Å²) in [6.07, 6.45) is 3.93. The Morgan fingerprint density at radius 3 is 2.60 bits per heavy atom. The monoisotopic (exact) mass is 347 g/mol. The molecule has 1 aromatic carbocycles. The molecule has 1 amide bonds. The molecule has 0 bridgehead atoms. The van der Waals surface area contributed by atoms with Gasteiger partial charge in [-0.2, -0.15) is 0 Å². The summed E-state index contributed by atoms with van der Waals surface area (Å²) in [6.45, 7) is 3.38. The van der Waals surface area contributed by atoms with Gasteiger partial charge in [0.15, 0.2) is 11.5 Å². The van der Waals surface area contributed by atoms with Crippen LogP contribution in [0, 0.1) is 5.92 Å². The Balaban J connectivity index is 1.52. The molecule has 1 heterocycles. The van der Waals surface area contributed by atoms with Gasteiger partial charge in [0.25, 0.3) is 0 Å². The van der Waals surface area contributed by atoms with Crippen molar-refractivity contribution in [3.8, 4) is 11.5 Å². The third-order valence-corrected chi connectivity index (χ3v) is 5.43. The summed E-state index contributed by atoms with van der Waals surface area (Å²) in [5.41, 5.74) is 8.59. The maximum Gasteiger partial charge on any atom is 0.224 e. The van der Waals surface area contributed by atoms with Gasteiger partial charge in [-0.25, -0.2) is 0 Å². The lowest BCUT2D eigenvalue weighted by atomic mass is 9.99. The molecule has 2 aliphatic rings. The van der Waals surface area contributed by atoms with Crippen molar-refractivity contribution in [2.75, 3.05) is 33.9 Å². The molecule has 0 saturated heterocycles. The van der Waals surface area contributed by atoms with E-state index in [0.717, 1.165) is 56.8 Å². The Morgan fingerprint density at radius 1 is 1.24 bits per heavy atom. The molecular weight excluding hydrogens is 318 g/mol. The summed E-state index contributed by atoms with van der Waals surface area (Å²) >= 11 is 0. The Hall–Kier alpha value is -1.79. The molecule has 6 nitrogen and oxygen atoms in total. The zero-order valence-electron chi connectivity index (χ0n) is 15.2. The second kappa shape index (κ2) is 8.06. The molecule has 1 fully saturated rings. The van der Waals surface area contributed by atoms with Crippen molar-refractivity contribution in [3.63, 3.8) is 0 Å². The fourth-order valence-electron chi connectivity index (χ4n) is 3.92. The highest BCUT2D eigenvalue weighted by Crippen LogP contribution is 2.33. The van der Waals surface area contributed by atoms with E-state index in [-0.39, 0.29) is 17.9 Å². The first-order valence-corrected chi connectivity index (χ1v) is 9.11. The number of fused-ring (bicyclic) bond motifs is 1. The predicted molar refractivity (Wildman–Crippen MR) is 96.9 cm³/mol. The van der Waals surface area contributed by atoms with Crippen LogP contribution >= 0.6 is 0 Å². The van der Waals surface area contributed by atoms with Crippen molar-refractivity contribution < 1.29 is 14.3 Å². The fraction of sp³-hybridized carbons (Fsp3) is 0.632. The van der Waals surface area contributed by atoms with Gasteiger partial charge in [-0.3, -0.25) is 9.69 Å². The van der Waals surface area contributed by atoms with Crippen molar-refractivity contribution in [2.24, 2.45) is 11.7 Å². The van der Waals surface area contributed by atoms with E-state index in [4.69, 9.17) is 15.2 Å². The smallest absolute Gasteiger partial charge is 0.224 e. The molecule has 3 N–H and O–H groups in total. The quantitative estimate of drug-likeness (QED) is 0.811. The molecule has 1 aliphatic heterocycles. The molecule has 0 unspecified atom stereocenters. The number of nitrogens with zero attached hydrogens (tertiary/aromatic N) is 1. The minimum atomic E-state index is -0.00110. The lowest BCUT2D eigenvalue weighted by molar-refractivity contribution is -0.125. The number of nitrogens with two attached hydrogens (primary N) is 1. The highest BCUT2D eigenvalue weighted by molar-refractivity contribution is 5.79. The first kappa shape index (κ1) is 18.0. The number of nitrogens with one attached hydrogen (secondary N) is 1. The maximum absolute atomic E-state index is 12.2. The van der Waals surface area contributed by atoms with Crippen LogP contribution in [0.2, 0.25) is 0 Å². The molecule has 1 aromatic rings. The molecular formula is C19H29N3O3. The van der Waals surface area contributed by atoms with Crippen LogP contribution < -0.4 is 20.5 Å². The van der Waals surface area contributed by atoms with Gasteiger partial charge in [0, 0.05) is 32.2 Å². The molecule has 0 aromatic heterocycles. The number of methoxy groups -OCH3 is 2. The highest BCUT2D eigenvalue weighted by atomic mass is 16.5. The van der Waals surface area contributed by atoms with Gasteiger partial charge in [-0.15, -0.1) is 0 Å². The van der Waals surface area contributed by atoms with E-state index in [1.54, 1.807) is 14.2 Å². The first-order valence-electron chi connectivity index (χ1n) is 9.11. The predicted octanol–water partition coefficient (Wildman–Crippen LogP) is 1.31. The molecule has 138 valence electrons. The van der Waals surface area contributed by atoms with Crippen molar-refractivity contribution in [3.05, 3.63) is 23.3 Å². The second-order valence-corrected chi connectivity index (χ2v) is 6.99. The van der Waals surface area contributed by atoms with Crippen molar-refractivity contribution in [1.82, 2.24) is 10.2 Å². The maximum atomic E-state index is 12.2. The van der Waals surface area contributed by atoms with Crippen LogP contribution in [0.25, 0.3) is 0 Å². The Morgan fingerprint density at radius 2 is 1.96 bits per heavy atom. The minimum absolute atomic E-state index is 0.00110. The molecule has 2 atom stereocenters. The van der Waals surface area contributed by atoms with Crippen LogP contribution in [0.15, 0.2) is 12.1 Å². The summed E-state index contributed by atoms with van der Waals surface area (Å²) in [7, 11) is 3.33. The average Bonchev–Trinajstić information content (AvgIpc) is 3.06. The summed E-state index contributed by atoms with van der Waals surface area (Å²) in [6, 6.07) is 4.18. The Kier molecular flexibility index (Phi) is 5.81. The second-order valence-electron chi connectivity index (χ2n) is 6.99. The SMILES string of the molecule is COc1cc2c(cc1OC)CN(CCNC(=O)[C@@H]1CCC[C@H]1N)CC2. The molecule has 1 aliphatic carbocycles. The molecule has 0 radical (unpaired) electrons. The molecule has 0 spiro atoms. The third-order valence-electron chi connectivity index (χ3n) is 5.43. The fourth-order valence-corrected chi connectivity index (χ4v) is 3.92. The molecule has 1 saturated carbocycles. The van der Waals surface area contributed by atoms with E-state index >= 15 is 0 Å². The van der Waals surface area contributed by atoms with E-state index in [1.165, 1.54) is 11.1 Å². The number of rotatable bonds is 6. The molecule has 3 rings (SSSR count). The van der Waals surface area contributed by atoms with E-state index in [2.05, 4.69) is 22.3 Å². The summed E-state index contributed by atoms with van der Waals surface area (Å²) < 4.78 is 10.8. The number of carbonyl (C=O) groups excluding carboxylic acids is 1. The Bertz CT molecular complexity index is 620. The number of carbonyl (C=O) groups is 1. The first-order chi connectivity index (χ1) is 12.1. The number of ether oxygens (including phenoxy) is 2. The van der Waals surface area contributed by atoms with Crippen LogP contribution in [0.1, 0.15) is 30.4 Å². The normalized spacial score (nSPS) is 23.2.